The van der Waals surface area contributed by atoms with Crippen molar-refractivity contribution in [3.63, 3.8) is 0 Å². The maximum absolute atomic E-state index is 12.2. The number of sulfonamides is 1. The van der Waals surface area contributed by atoms with Crippen LogP contribution < -0.4 is 10.0 Å². The van der Waals surface area contributed by atoms with Crippen LogP contribution in [0.15, 0.2) is 41.8 Å². The van der Waals surface area contributed by atoms with Crippen molar-refractivity contribution in [2.75, 3.05) is 12.8 Å². The van der Waals surface area contributed by atoms with Crippen LogP contribution in [0.2, 0.25) is 0 Å². The van der Waals surface area contributed by atoms with Gasteiger partial charge in [0.25, 0.3) is 5.91 Å². The smallest absolute Gasteiger partial charge is 0.251 e. The van der Waals surface area contributed by atoms with E-state index in [4.69, 9.17) is 0 Å². The fourth-order valence-electron chi connectivity index (χ4n) is 2.09. The molecule has 1 atom stereocenters. The molecule has 1 amide bonds. The van der Waals surface area contributed by atoms with Gasteiger partial charge < -0.3 is 5.32 Å². The first kappa shape index (κ1) is 17.7. The van der Waals surface area contributed by atoms with Crippen LogP contribution in [0.1, 0.15) is 33.8 Å². The number of nitrogens with one attached hydrogen (secondary N) is 2. The molecule has 2 rings (SSSR count). The molecule has 1 heterocycles. The van der Waals surface area contributed by atoms with Gasteiger partial charge in [-0.2, -0.15) is 0 Å². The number of hydrogen-bond donors (Lipinski definition) is 2. The summed E-state index contributed by atoms with van der Waals surface area (Å²) in [5, 5.41) is 4.94. The van der Waals surface area contributed by atoms with E-state index in [1.165, 1.54) is 0 Å². The van der Waals surface area contributed by atoms with Crippen molar-refractivity contribution in [3.05, 3.63) is 57.8 Å². The van der Waals surface area contributed by atoms with Gasteiger partial charge >= 0.3 is 0 Å². The minimum atomic E-state index is -3.16. The van der Waals surface area contributed by atoms with Gasteiger partial charge in [-0.3, -0.25) is 4.79 Å². The number of hydrogen-bond acceptors (Lipinski definition) is 4. The average molecular weight is 352 g/mol. The zero-order valence-corrected chi connectivity index (χ0v) is 14.7. The molecule has 0 saturated carbocycles. The summed E-state index contributed by atoms with van der Waals surface area (Å²) in [6.07, 6.45) is 1.72. The number of carbonyl (C=O) groups excluding carboxylic acids is 1. The summed E-state index contributed by atoms with van der Waals surface area (Å²) in [5.74, 6) is -0.119. The monoisotopic (exact) mass is 352 g/mol. The summed E-state index contributed by atoms with van der Waals surface area (Å²) in [7, 11) is -3.16. The molecule has 7 heteroatoms. The third-order valence-corrected chi connectivity index (χ3v) is 5.10. The van der Waals surface area contributed by atoms with E-state index in [1.54, 1.807) is 23.5 Å². The van der Waals surface area contributed by atoms with E-state index >= 15 is 0 Å². The van der Waals surface area contributed by atoms with Crippen LogP contribution in [0.3, 0.4) is 0 Å². The van der Waals surface area contributed by atoms with Gasteiger partial charge in [-0.05, 0) is 42.5 Å². The maximum atomic E-state index is 12.2. The molecule has 23 heavy (non-hydrogen) atoms. The molecule has 124 valence electrons. The standard InChI is InChI=1S/C16H20N2O3S2/c1-12(15-4-3-11-22-15)18-16(19)14-7-5-13(6-8-14)9-10-17-23(2,20)21/h3-8,11-12,17H,9-10H2,1-2H3,(H,18,19)/t12-/m1/s1. The molecular formula is C16H20N2O3S2. The Labute approximate surface area is 140 Å². The summed E-state index contributed by atoms with van der Waals surface area (Å²) in [4.78, 5) is 13.3. The third-order valence-electron chi connectivity index (χ3n) is 3.31. The summed E-state index contributed by atoms with van der Waals surface area (Å²) < 4.78 is 24.4. The number of carbonyl (C=O) groups is 1. The lowest BCUT2D eigenvalue weighted by Crippen LogP contribution is -2.26. The molecule has 0 fully saturated rings. The Morgan fingerprint density at radius 2 is 1.91 bits per heavy atom. The van der Waals surface area contributed by atoms with Crippen molar-refractivity contribution in [1.29, 1.82) is 0 Å². The fourth-order valence-corrected chi connectivity index (χ4v) is 3.30. The third kappa shape index (κ3) is 5.78. The molecule has 0 aliphatic carbocycles. The summed E-state index contributed by atoms with van der Waals surface area (Å²) in [5.41, 5.74) is 1.57. The van der Waals surface area contributed by atoms with Crippen molar-refractivity contribution in [2.45, 2.75) is 19.4 Å². The molecule has 1 aromatic carbocycles. The second-order valence-electron chi connectivity index (χ2n) is 5.32. The molecule has 0 unspecified atom stereocenters. The summed E-state index contributed by atoms with van der Waals surface area (Å²) in [6, 6.07) is 11.1. The molecule has 5 nitrogen and oxygen atoms in total. The van der Waals surface area contributed by atoms with Crippen molar-refractivity contribution in [3.8, 4) is 0 Å². The van der Waals surface area contributed by atoms with E-state index in [2.05, 4.69) is 10.0 Å². The first-order valence-electron chi connectivity index (χ1n) is 7.23. The molecule has 2 N–H and O–H groups in total. The van der Waals surface area contributed by atoms with Gasteiger partial charge in [0.2, 0.25) is 10.0 Å². The van der Waals surface area contributed by atoms with Gasteiger partial charge in [-0.1, -0.05) is 18.2 Å². The van der Waals surface area contributed by atoms with Crippen LogP contribution in [0.25, 0.3) is 0 Å². The van der Waals surface area contributed by atoms with Crippen LogP contribution in [0.5, 0.6) is 0 Å². The van der Waals surface area contributed by atoms with E-state index in [1.807, 2.05) is 36.6 Å². The van der Waals surface area contributed by atoms with Crippen molar-refractivity contribution in [1.82, 2.24) is 10.0 Å². The Kier molecular flexibility index (Phi) is 5.92. The van der Waals surface area contributed by atoms with Crippen molar-refractivity contribution in [2.24, 2.45) is 0 Å². The zero-order valence-electron chi connectivity index (χ0n) is 13.1. The molecule has 0 saturated heterocycles. The van der Waals surface area contributed by atoms with Crippen LogP contribution in [-0.2, 0) is 16.4 Å². The molecule has 2 aromatic rings. The van der Waals surface area contributed by atoms with Crippen molar-refractivity contribution < 1.29 is 13.2 Å². The van der Waals surface area contributed by atoms with Crippen LogP contribution in [0.4, 0.5) is 0 Å². The molecule has 0 spiro atoms. The van der Waals surface area contributed by atoms with Crippen LogP contribution in [-0.4, -0.2) is 27.1 Å². The lowest BCUT2D eigenvalue weighted by molar-refractivity contribution is 0.0940. The second-order valence-corrected chi connectivity index (χ2v) is 8.14. The van der Waals surface area contributed by atoms with Gasteiger partial charge in [0.1, 0.15) is 0 Å². The average Bonchev–Trinajstić information content (AvgIpc) is 3.01. The quantitative estimate of drug-likeness (QED) is 0.803. The van der Waals surface area contributed by atoms with Gasteiger partial charge in [-0.15, -0.1) is 11.3 Å². The number of thiophene rings is 1. The van der Waals surface area contributed by atoms with Gasteiger partial charge in [0, 0.05) is 17.0 Å². The second kappa shape index (κ2) is 7.72. The topological polar surface area (TPSA) is 75.3 Å². The van der Waals surface area contributed by atoms with Gasteiger partial charge in [-0.25, -0.2) is 13.1 Å². The van der Waals surface area contributed by atoms with E-state index in [9.17, 15) is 13.2 Å². The Bertz CT molecular complexity index is 738. The highest BCUT2D eigenvalue weighted by atomic mass is 32.2. The molecule has 0 bridgehead atoms. The molecule has 0 radical (unpaired) electrons. The predicted molar refractivity (Wildman–Crippen MR) is 93.2 cm³/mol. The Morgan fingerprint density at radius 1 is 1.22 bits per heavy atom. The molecule has 1 aromatic heterocycles. The Morgan fingerprint density at radius 3 is 2.48 bits per heavy atom. The minimum absolute atomic E-state index is 0.0267. The first-order chi connectivity index (χ1) is 10.8. The molecule has 0 aliphatic rings. The van der Waals surface area contributed by atoms with Gasteiger partial charge in [0.15, 0.2) is 0 Å². The van der Waals surface area contributed by atoms with Crippen LogP contribution in [0, 0.1) is 0 Å². The Balaban J connectivity index is 1.90. The fraction of sp³-hybridized carbons (Fsp3) is 0.312. The SMILES string of the molecule is C[C@@H](NC(=O)c1ccc(CCNS(C)(=O)=O)cc1)c1cccs1. The van der Waals surface area contributed by atoms with Crippen LogP contribution >= 0.6 is 11.3 Å². The lowest BCUT2D eigenvalue weighted by atomic mass is 10.1. The molecular weight excluding hydrogens is 332 g/mol. The van der Waals surface area contributed by atoms with E-state index < -0.39 is 10.0 Å². The summed E-state index contributed by atoms with van der Waals surface area (Å²) in [6.45, 7) is 2.30. The highest BCUT2D eigenvalue weighted by molar-refractivity contribution is 7.88. The first-order valence-corrected chi connectivity index (χ1v) is 10.00. The highest BCUT2D eigenvalue weighted by Gasteiger charge is 2.12. The highest BCUT2D eigenvalue weighted by Crippen LogP contribution is 2.18. The zero-order chi connectivity index (χ0) is 16.9. The predicted octanol–water partition coefficient (Wildman–Crippen LogP) is 2.33. The van der Waals surface area contributed by atoms with E-state index in [-0.39, 0.29) is 11.9 Å². The summed E-state index contributed by atoms with van der Waals surface area (Å²) >= 11 is 1.61. The van der Waals surface area contributed by atoms with E-state index in [0.29, 0.717) is 18.5 Å². The largest absolute Gasteiger partial charge is 0.345 e. The van der Waals surface area contributed by atoms with Gasteiger partial charge in [0.05, 0.1) is 12.3 Å². The normalized spacial score (nSPS) is 12.8. The number of rotatable bonds is 7. The number of benzene rings is 1. The Hall–Kier alpha value is -1.70. The lowest BCUT2D eigenvalue weighted by Gasteiger charge is -2.12. The maximum Gasteiger partial charge on any atom is 0.251 e. The number of amides is 1. The van der Waals surface area contributed by atoms with E-state index in [0.717, 1.165) is 16.7 Å². The minimum Gasteiger partial charge on any atom is -0.345 e. The molecule has 0 aliphatic heterocycles. The van der Waals surface area contributed by atoms with Crippen molar-refractivity contribution >= 4 is 27.3 Å².